The summed E-state index contributed by atoms with van der Waals surface area (Å²) in [6.45, 7) is 0.339. The highest BCUT2D eigenvalue weighted by molar-refractivity contribution is 5.92. The summed E-state index contributed by atoms with van der Waals surface area (Å²) in [4.78, 5) is 23.4. The second-order valence-corrected chi connectivity index (χ2v) is 8.04. The van der Waals surface area contributed by atoms with Crippen molar-refractivity contribution in [2.45, 2.75) is 24.5 Å². The molecule has 33 heavy (non-hydrogen) atoms. The van der Waals surface area contributed by atoms with Gasteiger partial charge in [-0.3, -0.25) is 4.79 Å². The van der Waals surface area contributed by atoms with Crippen molar-refractivity contribution in [3.05, 3.63) is 95.1 Å². The van der Waals surface area contributed by atoms with Crippen molar-refractivity contribution in [2.24, 2.45) is 5.73 Å². The van der Waals surface area contributed by atoms with Gasteiger partial charge in [0.2, 0.25) is 5.91 Å². The number of primary amides is 1. The van der Waals surface area contributed by atoms with Gasteiger partial charge in [0.1, 0.15) is 12.7 Å². The Morgan fingerprint density at radius 2 is 1.48 bits per heavy atom. The van der Waals surface area contributed by atoms with E-state index in [1.807, 2.05) is 24.3 Å². The highest BCUT2D eigenvalue weighted by atomic mass is 16.5. The number of alkyl carbamates (subject to hydrolysis) is 1. The maximum atomic E-state index is 12.2. The third kappa shape index (κ3) is 4.89. The highest BCUT2D eigenvalue weighted by Crippen LogP contribution is 2.44. The van der Waals surface area contributed by atoms with E-state index in [0.29, 0.717) is 11.1 Å². The van der Waals surface area contributed by atoms with E-state index in [1.165, 1.54) is 24.3 Å². The topological polar surface area (TPSA) is 122 Å². The molecule has 2 amide bonds. The average molecular weight is 447 g/mol. The first kappa shape index (κ1) is 22.5. The molecule has 5 N–H and O–H groups in total. The van der Waals surface area contributed by atoms with E-state index in [4.69, 9.17) is 10.5 Å². The number of benzene rings is 3. The van der Waals surface area contributed by atoms with Crippen LogP contribution in [0.3, 0.4) is 0 Å². The predicted octanol–water partition coefficient (Wildman–Crippen LogP) is 3.11. The lowest BCUT2D eigenvalue weighted by atomic mass is 9.98. The Hall–Kier alpha value is -3.68. The number of nitrogens with two attached hydrogens (primary N) is 1. The average Bonchev–Trinajstić information content (AvgIpc) is 3.16. The van der Waals surface area contributed by atoms with Gasteiger partial charge in [0.15, 0.2) is 0 Å². The molecule has 3 aromatic carbocycles. The molecule has 0 aromatic heterocycles. The number of ether oxygens (including phenoxy) is 1. The summed E-state index contributed by atoms with van der Waals surface area (Å²) in [6.07, 6.45) is -2.71. The number of rotatable bonds is 8. The minimum absolute atomic E-state index is 0.0288. The first-order chi connectivity index (χ1) is 16.0. The van der Waals surface area contributed by atoms with Gasteiger partial charge in [-0.15, -0.1) is 0 Å². The monoisotopic (exact) mass is 446 g/mol. The molecule has 0 bridgehead atoms. The number of carbonyl (C=O) groups excluding carboxylic acids is 2. The fourth-order valence-corrected chi connectivity index (χ4v) is 4.20. The van der Waals surface area contributed by atoms with E-state index >= 15 is 0 Å². The van der Waals surface area contributed by atoms with Crippen LogP contribution in [0.5, 0.6) is 0 Å². The van der Waals surface area contributed by atoms with Crippen molar-refractivity contribution in [2.75, 3.05) is 13.2 Å². The molecule has 0 heterocycles. The largest absolute Gasteiger partial charge is 0.449 e. The molecule has 1 aliphatic rings. The Bertz CT molecular complexity index is 1100. The highest BCUT2D eigenvalue weighted by Gasteiger charge is 2.29. The molecule has 7 nitrogen and oxygen atoms in total. The molecule has 2 unspecified atom stereocenters. The summed E-state index contributed by atoms with van der Waals surface area (Å²) in [7, 11) is 0. The van der Waals surface area contributed by atoms with Gasteiger partial charge in [-0.1, -0.05) is 60.7 Å². The molecule has 3 aromatic rings. The number of carbonyl (C=O) groups is 2. The van der Waals surface area contributed by atoms with Crippen LogP contribution in [0, 0.1) is 0 Å². The van der Waals surface area contributed by atoms with Crippen molar-refractivity contribution < 1.29 is 24.5 Å². The predicted molar refractivity (Wildman–Crippen MR) is 124 cm³/mol. The number of hydrogen-bond acceptors (Lipinski definition) is 5. The standard InChI is InChI=1S/C26H26N2O5/c27-25(31)17-11-9-16(10-12-17)24(30)23(29)13-14-28-26(32)33-15-22-20-7-3-1-5-18(20)19-6-2-4-8-21(19)22/h1-12,22-24,29-30H,13-15H2,(H2,27,31)(H,28,32). The number of aliphatic hydroxyl groups is 2. The van der Waals surface area contributed by atoms with Gasteiger partial charge >= 0.3 is 6.09 Å². The molecule has 0 fully saturated rings. The Balaban J connectivity index is 1.27. The van der Waals surface area contributed by atoms with Gasteiger partial charge in [0.05, 0.1) is 6.10 Å². The van der Waals surface area contributed by atoms with Crippen LogP contribution in [0.2, 0.25) is 0 Å². The maximum absolute atomic E-state index is 12.2. The Morgan fingerprint density at radius 1 is 0.909 bits per heavy atom. The van der Waals surface area contributed by atoms with Crippen LogP contribution >= 0.6 is 0 Å². The van der Waals surface area contributed by atoms with E-state index in [0.717, 1.165) is 22.3 Å². The molecule has 2 atom stereocenters. The first-order valence-corrected chi connectivity index (χ1v) is 10.8. The summed E-state index contributed by atoms with van der Waals surface area (Å²) in [5.74, 6) is -0.595. The zero-order chi connectivity index (χ0) is 23.4. The van der Waals surface area contributed by atoms with E-state index in [9.17, 15) is 19.8 Å². The van der Waals surface area contributed by atoms with Gasteiger partial charge in [-0.2, -0.15) is 0 Å². The number of amides is 2. The molecule has 7 heteroatoms. The molecule has 0 saturated heterocycles. The normalized spacial score (nSPS) is 14.1. The molecule has 0 spiro atoms. The van der Waals surface area contributed by atoms with E-state index in [-0.39, 0.29) is 25.5 Å². The van der Waals surface area contributed by atoms with Crippen molar-refractivity contribution >= 4 is 12.0 Å². The molecule has 0 aliphatic heterocycles. The lowest BCUT2D eigenvalue weighted by Gasteiger charge is -2.19. The van der Waals surface area contributed by atoms with Crippen LogP contribution < -0.4 is 11.1 Å². The van der Waals surface area contributed by atoms with Crippen molar-refractivity contribution in [3.8, 4) is 11.1 Å². The van der Waals surface area contributed by atoms with Gasteiger partial charge in [-0.25, -0.2) is 4.79 Å². The van der Waals surface area contributed by atoms with Crippen molar-refractivity contribution in [1.82, 2.24) is 5.32 Å². The van der Waals surface area contributed by atoms with Gasteiger partial charge in [0, 0.05) is 18.0 Å². The SMILES string of the molecule is NC(=O)c1ccc(C(O)C(O)CCNC(=O)OCC2c3ccccc3-c3ccccc32)cc1. The van der Waals surface area contributed by atoms with E-state index in [2.05, 4.69) is 29.6 Å². The maximum Gasteiger partial charge on any atom is 0.407 e. The second kappa shape index (κ2) is 9.85. The second-order valence-electron chi connectivity index (χ2n) is 8.04. The number of hydrogen-bond donors (Lipinski definition) is 4. The van der Waals surface area contributed by atoms with Crippen LogP contribution in [0.15, 0.2) is 72.8 Å². The molecule has 4 rings (SSSR count). The lowest BCUT2D eigenvalue weighted by Crippen LogP contribution is -2.30. The van der Waals surface area contributed by atoms with Crippen LogP contribution in [0.25, 0.3) is 11.1 Å². The van der Waals surface area contributed by atoms with Crippen molar-refractivity contribution in [1.29, 1.82) is 0 Å². The Morgan fingerprint density at radius 3 is 2.06 bits per heavy atom. The van der Waals surface area contributed by atoms with Crippen LogP contribution in [0.4, 0.5) is 4.79 Å². The van der Waals surface area contributed by atoms with Crippen molar-refractivity contribution in [3.63, 3.8) is 0 Å². The quantitative estimate of drug-likeness (QED) is 0.424. The summed E-state index contributed by atoms with van der Waals surface area (Å²) < 4.78 is 5.46. The summed E-state index contributed by atoms with van der Waals surface area (Å²) in [5, 5.41) is 23.2. The molecular formula is C26H26N2O5. The van der Waals surface area contributed by atoms with Crippen LogP contribution in [-0.2, 0) is 4.74 Å². The third-order valence-electron chi connectivity index (χ3n) is 5.95. The van der Waals surface area contributed by atoms with Gasteiger partial charge in [0.25, 0.3) is 0 Å². The molecule has 170 valence electrons. The molecule has 0 saturated carbocycles. The van der Waals surface area contributed by atoms with Gasteiger partial charge in [-0.05, 0) is 46.4 Å². The number of aliphatic hydroxyl groups excluding tert-OH is 2. The van der Waals surface area contributed by atoms with Crippen LogP contribution in [0.1, 0.15) is 45.5 Å². The summed E-state index contributed by atoms with van der Waals surface area (Å²) in [5.41, 5.74) is 10.5. The van der Waals surface area contributed by atoms with E-state index < -0.39 is 24.2 Å². The van der Waals surface area contributed by atoms with E-state index in [1.54, 1.807) is 0 Å². The molecular weight excluding hydrogens is 420 g/mol. The first-order valence-electron chi connectivity index (χ1n) is 10.8. The zero-order valence-corrected chi connectivity index (χ0v) is 18.0. The Labute approximate surface area is 191 Å². The fourth-order valence-electron chi connectivity index (χ4n) is 4.20. The minimum atomic E-state index is -1.16. The number of fused-ring (bicyclic) bond motifs is 3. The third-order valence-corrected chi connectivity index (χ3v) is 5.95. The zero-order valence-electron chi connectivity index (χ0n) is 18.0. The summed E-state index contributed by atoms with van der Waals surface area (Å²) in [6, 6.07) is 22.2. The molecule has 1 aliphatic carbocycles. The Kier molecular flexibility index (Phi) is 6.72. The minimum Gasteiger partial charge on any atom is -0.449 e. The van der Waals surface area contributed by atoms with Crippen LogP contribution in [-0.4, -0.2) is 41.5 Å². The van der Waals surface area contributed by atoms with Gasteiger partial charge < -0.3 is 26.0 Å². The summed E-state index contributed by atoms with van der Waals surface area (Å²) >= 11 is 0. The smallest absolute Gasteiger partial charge is 0.407 e. The number of nitrogens with one attached hydrogen (secondary N) is 1. The molecule has 0 radical (unpaired) electrons. The fraction of sp³-hybridized carbons (Fsp3) is 0.231. The lowest BCUT2D eigenvalue weighted by molar-refractivity contribution is 0.0136.